The molecule has 1 aromatic carbocycles. The van der Waals surface area contributed by atoms with Gasteiger partial charge >= 0.3 is 0 Å². The van der Waals surface area contributed by atoms with Gasteiger partial charge in [-0.25, -0.2) is 9.67 Å². The minimum Gasteiger partial charge on any atom is -0.383 e. The van der Waals surface area contributed by atoms with Crippen molar-refractivity contribution in [3.8, 4) is 16.8 Å². The van der Waals surface area contributed by atoms with Gasteiger partial charge in [0.1, 0.15) is 18.5 Å². The van der Waals surface area contributed by atoms with Crippen molar-refractivity contribution in [3.63, 3.8) is 0 Å². The summed E-state index contributed by atoms with van der Waals surface area (Å²) < 4.78 is 3.36. The van der Waals surface area contributed by atoms with Crippen molar-refractivity contribution in [3.05, 3.63) is 43.1 Å². The summed E-state index contributed by atoms with van der Waals surface area (Å²) in [6.07, 6.45) is 4.92. The van der Waals surface area contributed by atoms with Crippen LogP contribution in [0.1, 0.15) is 0 Å². The van der Waals surface area contributed by atoms with E-state index in [0.29, 0.717) is 5.82 Å². The standard InChI is InChI=1S/C12H12N6/c1-17-12(13)10(6-15-17)9-4-2-3-5-11(9)18-8-14-7-16-18/h2-8H,13H2,1H3. The van der Waals surface area contributed by atoms with Crippen LogP contribution in [0.2, 0.25) is 0 Å². The second kappa shape index (κ2) is 3.99. The van der Waals surface area contributed by atoms with Crippen molar-refractivity contribution in [1.29, 1.82) is 0 Å². The van der Waals surface area contributed by atoms with E-state index in [4.69, 9.17) is 5.73 Å². The number of nitrogens with two attached hydrogens (primary N) is 1. The summed E-state index contributed by atoms with van der Waals surface area (Å²) in [7, 11) is 1.82. The van der Waals surface area contributed by atoms with Crippen LogP contribution in [0.3, 0.4) is 0 Å². The maximum absolute atomic E-state index is 6.01. The van der Waals surface area contributed by atoms with Crippen molar-refractivity contribution in [2.75, 3.05) is 5.73 Å². The molecule has 90 valence electrons. The van der Waals surface area contributed by atoms with Crippen LogP contribution in [-0.2, 0) is 7.05 Å². The quantitative estimate of drug-likeness (QED) is 0.731. The Morgan fingerprint density at radius 2 is 1.94 bits per heavy atom. The first kappa shape index (κ1) is 10.5. The van der Waals surface area contributed by atoms with Gasteiger partial charge in [-0.15, -0.1) is 0 Å². The predicted molar refractivity (Wildman–Crippen MR) is 68.0 cm³/mol. The largest absolute Gasteiger partial charge is 0.383 e. The number of aryl methyl sites for hydroxylation is 1. The summed E-state index contributed by atoms with van der Waals surface area (Å²) >= 11 is 0. The summed E-state index contributed by atoms with van der Waals surface area (Å²) in [5.74, 6) is 0.627. The van der Waals surface area contributed by atoms with Crippen molar-refractivity contribution in [2.24, 2.45) is 7.05 Å². The number of hydrogen-bond donors (Lipinski definition) is 1. The topological polar surface area (TPSA) is 74.5 Å². The molecule has 3 aromatic rings. The second-order valence-corrected chi connectivity index (χ2v) is 3.92. The summed E-state index contributed by atoms with van der Waals surface area (Å²) in [6.45, 7) is 0. The molecule has 0 aliphatic carbocycles. The lowest BCUT2D eigenvalue weighted by Crippen LogP contribution is -2.00. The lowest BCUT2D eigenvalue weighted by atomic mass is 10.1. The second-order valence-electron chi connectivity index (χ2n) is 3.92. The highest BCUT2D eigenvalue weighted by Crippen LogP contribution is 2.29. The average Bonchev–Trinajstić information content (AvgIpc) is 3.02. The minimum absolute atomic E-state index is 0.627. The van der Waals surface area contributed by atoms with E-state index < -0.39 is 0 Å². The smallest absolute Gasteiger partial charge is 0.138 e. The van der Waals surface area contributed by atoms with Gasteiger partial charge in [0.2, 0.25) is 0 Å². The van der Waals surface area contributed by atoms with Crippen molar-refractivity contribution in [2.45, 2.75) is 0 Å². The first-order valence-corrected chi connectivity index (χ1v) is 5.49. The van der Waals surface area contributed by atoms with Gasteiger partial charge in [-0.2, -0.15) is 10.2 Å². The number of hydrogen-bond acceptors (Lipinski definition) is 4. The molecule has 0 atom stereocenters. The van der Waals surface area contributed by atoms with Crippen molar-refractivity contribution < 1.29 is 0 Å². The monoisotopic (exact) mass is 240 g/mol. The Kier molecular flexibility index (Phi) is 2.33. The molecule has 3 rings (SSSR count). The van der Waals surface area contributed by atoms with Gasteiger partial charge < -0.3 is 5.73 Å². The molecule has 0 aliphatic heterocycles. The van der Waals surface area contributed by atoms with E-state index >= 15 is 0 Å². The van der Waals surface area contributed by atoms with Crippen LogP contribution < -0.4 is 5.73 Å². The number of nitrogens with zero attached hydrogens (tertiary/aromatic N) is 5. The molecular formula is C12H12N6. The zero-order valence-corrected chi connectivity index (χ0v) is 9.85. The van der Waals surface area contributed by atoms with E-state index in [1.807, 2.05) is 31.3 Å². The van der Waals surface area contributed by atoms with E-state index in [0.717, 1.165) is 16.8 Å². The summed E-state index contributed by atoms with van der Waals surface area (Å²) in [5.41, 5.74) is 8.81. The summed E-state index contributed by atoms with van der Waals surface area (Å²) in [5, 5.41) is 8.31. The van der Waals surface area contributed by atoms with Crippen LogP contribution in [0, 0.1) is 0 Å². The van der Waals surface area contributed by atoms with Crippen LogP contribution in [0.15, 0.2) is 43.1 Å². The molecule has 6 nitrogen and oxygen atoms in total. The number of para-hydroxylation sites is 1. The number of anilines is 1. The van der Waals surface area contributed by atoms with E-state index in [2.05, 4.69) is 15.2 Å². The molecule has 0 radical (unpaired) electrons. The van der Waals surface area contributed by atoms with Gasteiger partial charge in [0, 0.05) is 18.2 Å². The van der Waals surface area contributed by atoms with Crippen LogP contribution in [0.5, 0.6) is 0 Å². The zero-order chi connectivity index (χ0) is 12.5. The molecule has 0 saturated heterocycles. The maximum Gasteiger partial charge on any atom is 0.138 e. The Hall–Kier alpha value is -2.63. The molecule has 0 spiro atoms. The molecular weight excluding hydrogens is 228 g/mol. The third kappa shape index (κ3) is 1.55. The Bertz CT molecular complexity index is 668. The fourth-order valence-electron chi connectivity index (χ4n) is 1.89. The Morgan fingerprint density at radius 1 is 1.11 bits per heavy atom. The highest BCUT2D eigenvalue weighted by molar-refractivity contribution is 5.79. The third-order valence-electron chi connectivity index (χ3n) is 2.84. The lowest BCUT2D eigenvalue weighted by molar-refractivity contribution is 0.779. The van der Waals surface area contributed by atoms with Gasteiger partial charge in [-0.1, -0.05) is 18.2 Å². The number of nitrogen functional groups attached to an aromatic ring is 1. The predicted octanol–water partition coefficient (Wildman–Crippen LogP) is 1.25. The summed E-state index contributed by atoms with van der Waals surface area (Å²) in [6, 6.07) is 7.87. The van der Waals surface area contributed by atoms with Gasteiger partial charge in [0.15, 0.2) is 0 Å². The molecule has 2 N–H and O–H groups in total. The molecule has 0 aliphatic rings. The van der Waals surface area contributed by atoms with Crippen LogP contribution in [-0.4, -0.2) is 24.5 Å². The SMILES string of the molecule is Cn1ncc(-c2ccccc2-n2cncn2)c1N. The lowest BCUT2D eigenvalue weighted by Gasteiger charge is -2.08. The average molecular weight is 240 g/mol. The van der Waals surface area contributed by atoms with Crippen LogP contribution in [0.25, 0.3) is 16.8 Å². The molecule has 0 amide bonds. The Balaban J connectivity index is 2.22. The normalized spacial score (nSPS) is 10.7. The molecule has 0 saturated carbocycles. The van der Waals surface area contributed by atoms with Crippen LogP contribution >= 0.6 is 0 Å². The fourth-order valence-corrected chi connectivity index (χ4v) is 1.89. The van der Waals surface area contributed by atoms with Crippen molar-refractivity contribution >= 4 is 5.82 Å². The van der Waals surface area contributed by atoms with E-state index in [1.165, 1.54) is 6.33 Å². The number of benzene rings is 1. The Labute approximate surface area is 104 Å². The molecule has 2 aromatic heterocycles. The van der Waals surface area contributed by atoms with E-state index in [9.17, 15) is 0 Å². The van der Waals surface area contributed by atoms with Gasteiger partial charge in [0.05, 0.1) is 11.9 Å². The molecule has 6 heteroatoms. The summed E-state index contributed by atoms with van der Waals surface area (Å²) in [4.78, 5) is 3.96. The molecule has 0 bridgehead atoms. The number of rotatable bonds is 2. The molecule has 0 unspecified atom stereocenters. The third-order valence-corrected chi connectivity index (χ3v) is 2.84. The van der Waals surface area contributed by atoms with E-state index in [1.54, 1.807) is 21.9 Å². The first-order chi connectivity index (χ1) is 8.77. The molecule has 0 fully saturated rings. The fraction of sp³-hybridized carbons (Fsp3) is 0.0833. The highest BCUT2D eigenvalue weighted by Gasteiger charge is 2.12. The molecule has 2 heterocycles. The first-order valence-electron chi connectivity index (χ1n) is 5.49. The van der Waals surface area contributed by atoms with Crippen LogP contribution in [0.4, 0.5) is 5.82 Å². The zero-order valence-electron chi connectivity index (χ0n) is 9.85. The Morgan fingerprint density at radius 3 is 2.61 bits per heavy atom. The maximum atomic E-state index is 6.01. The van der Waals surface area contributed by atoms with Crippen molar-refractivity contribution in [1.82, 2.24) is 24.5 Å². The van der Waals surface area contributed by atoms with Gasteiger partial charge in [-0.05, 0) is 6.07 Å². The number of aromatic nitrogens is 5. The highest BCUT2D eigenvalue weighted by atomic mass is 15.3. The van der Waals surface area contributed by atoms with E-state index in [-0.39, 0.29) is 0 Å². The molecule has 18 heavy (non-hydrogen) atoms. The van der Waals surface area contributed by atoms with Gasteiger partial charge in [0.25, 0.3) is 0 Å². The van der Waals surface area contributed by atoms with Gasteiger partial charge in [-0.3, -0.25) is 4.68 Å². The minimum atomic E-state index is 0.627.